The van der Waals surface area contributed by atoms with E-state index in [-0.39, 0.29) is 11.3 Å². The number of imidazole rings is 1. The van der Waals surface area contributed by atoms with Crippen molar-refractivity contribution in [2.24, 2.45) is 0 Å². The first-order valence-corrected chi connectivity index (χ1v) is 7.75. The summed E-state index contributed by atoms with van der Waals surface area (Å²) in [6, 6.07) is 3.90. The van der Waals surface area contributed by atoms with Crippen LogP contribution in [0.1, 0.15) is 41.8 Å². The standard InChI is InChI=1S/C15H17N5OS/c1-9-5-6-20-8-10(16-11(20)7-9)12(21)17-14-19-18-13(22-14)15(2,3)4/h5-8H,1-4H3,(H,17,19,21). The molecule has 0 unspecified atom stereocenters. The molecule has 0 fully saturated rings. The molecular formula is C15H17N5OS. The van der Waals surface area contributed by atoms with Crippen LogP contribution in [0.15, 0.2) is 24.5 Å². The summed E-state index contributed by atoms with van der Waals surface area (Å²) in [5.74, 6) is -0.280. The predicted octanol–water partition coefficient (Wildman–Crippen LogP) is 3.04. The molecule has 0 saturated heterocycles. The maximum absolute atomic E-state index is 12.3. The lowest BCUT2D eigenvalue weighted by Crippen LogP contribution is -2.12. The molecule has 7 heteroatoms. The van der Waals surface area contributed by atoms with E-state index < -0.39 is 0 Å². The summed E-state index contributed by atoms with van der Waals surface area (Å²) in [4.78, 5) is 16.6. The van der Waals surface area contributed by atoms with Crippen molar-refractivity contribution in [3.63, 3.8) is 0 Å². The van der Waals surface area contributed by atoms with E-state index in [1.165, 1.54) is 11.3 Å². The van der Waals surface area contributed by atoms with Gasteiger partial charge in [-0.15, -0.1) is 10.2 Å². The first-order valence-electron chi connectivity index (χ1n) is 6.93. The highest BCUT2D eigenvalue weighted by Gasteiger charge is 2.20. The third-order valence-corrected chi connectivity index (χ3v) is 4.40. The van der Waals surface area contributed by atoms with E-state index >= 15 is 0 Å². The number of rotatable bonds is 2. The van der Waals surface area contributed by atoms with Crippen molar-refractivity contribution in [1.29, 1.82) is 0 Å². The first-order chi connectivity index (χ1) is 10.3. The van der Waals surface area contributed by atoms with Crippen LogP contribution < -0.4 is 5.32 Å². The highest BCUT2D eigenvalue weighted by molar-refractivity contribution is 7.15. The van der Waals surface area contributed by atoms with Gasteiger partial charge < -0.3 is 4.40 Å². The largest absolute Gasteiger partial charge is 0.306 e. The fourth-order valence-electron chi connectivity index (χ4n) is 1.93. The van der Waals surface area contributed by atoms with Gasteiger partial charge in [0.1, 0.15) is 16.3 Å². The SMILES string of the molecule is Cc1ccn2cc(C(=O)Nc3nnc(C(C)(C)C)s3)nc2c1. The normalized spacial score (nSPS) is 11.8. The molecule has 1 amide bonds. The fourth-order valence-corrected chi connectivity index (χ4v) is 2.73. The molecule has 0 atom stereocenters. The molecule has 0 aliphatic carbocycles. The number of aromatic nitrogens is 4. The van der Waals surface area contributed by atoms with E-state index in [1.54, 1.807) is 6.20 Å². The number of carbonyl (C=O) groups is 1. The van der Waals surface area contributed by atoms with Crippen molar-refractivity contribution in [3.05, 3.63) is 40.8 Å². The summed E-state index contributed by atoms with van der Waals surface area (Å²) in [5, 5.41) is 12.3. The second-order valence-electron chi connectivity index (χ2n) is 6.21. The summed E-state index contributed by atoms with van der Waals surface area (Å²) in [7, 11) is 0. The minimum absolute atomic E-state index is 0.0821. The van der Waals surface area contributed by atoms with Crippen LogP contribution in [0.2, 0.25) is 0 Å². The topological polar surface area (TPSA) is 72.2 Å². The van der Waals surface area contributed by atoms with Crippen molar-refractivity contribution in [2.75, 3.05) is 5.32 Å². The van der Waals surface area contributed by atoms with Crippen molar-refractivity contribution < 1.29 is 4.79 Å². The van der Waals surface area contributed by atoms with Gasteiger partial charge in [0.15, 0.2) is 0 Å². The zero-order valence-electron chi connectivity index (χ0n) is 12.9. The Kier molecular flexibility index (Phi) is 3.44. The molecule has 3 aromatic rings. The van der Waals surface area contributed by atoms with E-state index in [1.807, 2.05) is 29.7 Å². The van der Waals surface area contributed by atoms with Crippen molar-refractivity contribution in [2.45, 2.75) is 33.1 Å². The van der Waals surface area contributed by atoms with Gasteiger partial charge in [0.05, 0.1) is 0 Å². The summed E-state index contributed by atoms with van der Waals surface area (Å²) >= 11 is 1.38. The molecule has 3 rings (SSSR count). The molecule has 114 valence electrons. The molecule has 0 radical (unpaired) electrons. The Morgan fingerprint density at radius 3 is 2.77 bits per heavy atom. The van der Waals surface area contributed by atoms with Crippen LogP contribution in [-0.2, 0) is 5.41 Å². The Morgan fingerprint density at radius 2 is 2.09 bits per heavy atom. The molecule has 0 aliphatic heterocycles. The number of nitrogens with one attached hydrogen (secondary N) is 1. The van der Waals surface area contributed by atoms with Gasteiger partial charge in [-0.25, -0.2) is 4.98 Å². The molecule has 6 nitrogen and oxygen atoms in total. The van der Waals surface area contributed by atoms with Crippen LogP contribution >= 0.6 is 11.3 Å². The van der Waals surface area contributed by atoms with Crippen LogP contribution in [0.3, 0.4) is 0 Å². The zero-order chi connectivity index (χ0) is 15.9. The second-order valence-corrected chi connectivity index (χ2v) is 7.19. The van der Waals surface area contributed by atoms with Gasteiger partial charge in [-0.05, 0) is 24.6 Å². The molecule has 1 N–H and O–H groups in total. The lowest BCUT2D eigenvalue weighted by molar-refractivity contribution is 0.102. The van der Waals surface area contributed by atoms with E-state index in [4.69, 9.17) is 0 Å². The lowest BCUT2D eigenvalue weighted by atomic mass is 9.98. The predicted molar refractivity (Wildman–Crippen MR) is 86.5 cm³/mol. The number of aryl methyl sites for hydroxylation is 1. The van der Waals surface area contributed by atoms with Gasteiger partial charge >= 0.3 is 0 Å². The maximum atomic E-state index is 12.3. The average Bonchev–Trinajstić information content (AvgIpc) is 3.03. The van der Waals surface area contributed by atoms with Crippen molar-refractivity contribution >= 4 is 28.0 Å². The van der Waals surface area contributed by atoms with Crippen molar-refractivity contribution in [1.82, 2.24) is 19.6 Å². The monoisotopic (exact) mass is 315 g/mol. The quantitative estimate of drug-likeness (QED) is 0.789. The number of amides is 1. The summed E-state index contributed by atoms with van der Waals surface area (Å²) in [6.07, 6.45) is 3.59. The van der Waals surface area contributed by atoms with Gasteiger partial charge in [0.2, 0.25) is 5.13 Å². The minimum atomic E-state index is -0.280. The molecule has 0 saturated carbocycles. The number of fused-ring (bicyclic) bond motifs is 1. The number of pyridine rings is 1. The Hall–Kier alpha value is -2.28. The Labute approximate surface area is 132 Å². The average molecular weight is 315 g/mol. The van der Waals surface area contributed by atoms with Gasteiger partial charge in [0.25, 0.3) is 5.91 Å². The highest BCUT2D eigenvalue weighted by atomic mass is 32.1. The second kappa shape index (κ2) is 5.17. The molecule has 0 spiro atoms. The van der Waals surface area contributed by atoms with Crippen LogP contribution in [-0.4, -0.2) is 25.5 Å². The molecule has 3 heterocycles. The van der Waals surface area contributed by atoms with Gasteiger partial charge in [-0.3, -0.25) is 10.1 Å². The number of nitrogens with zero attached hydrogens (tertiary/aromatic N) is 4. The first kappa shape index (κ1) is 14.6. The highest BCUT2D eigenvalue weighted by Crippen LogP contribution is 2.27. The van der Waals surface area contributed by atoms with E-state index in [9.17, 15) is 4.79 Å². The van der Waals surface area contributed by atoms with E-state index in [0.717, 1.165) is 16.2 Å². The van der Waals surface area contributed by atoms with E-state index in [0.29, 0.717) is 10.8 Å². The lowest BCUT2D eigenvalue weighted by Gasteiger charge is -2.12. The van der Waals surface area contributed by atoms with Crippen LogP contribution in [0.25, 0.3) is 5.65 Å². The van der Waals surface area contributed by atoms with E-state index in [2.05, 4.69) is 41.3 Å². The van der Waals surface area contributed by atoms with Crippen LogP contribution in [0, 0.1) is 6.92 Å². The molecule has 0 aliphatic rings. The number of hydrogen-bond acceptors (Lipinski definition) is 5. The summed E-state index contributed by atoms with van der Waals surface area (Å²) in [6.45, 7) is 8.17. The maximum Gasteiger partial charge on any atom is 0.277 e. The van der Waals surface area contributed by atoms with Crippen LogP contribution in [0.4, 0.5) is 5.13 Å². The fraction of sp³-hybridized carbons (Fsp3) is 0.333. The van der Waals surface area contributed by atoms with Gasteiger partial charge in [-0.1, -0.05) is 32.1 Å². The van der Waals surface area contributed by atoms with Gasteiger partial charge in [-0.2, -0.15) is 0 Å². The third kappa shape index (κ3) is 2.85. The smallest absolute Gasteiger partial charge is 0.277 e. The minimum Gasteiger partial charge on any atom is -0.306 e. The zero-order valence-corrected chi connectivity index (χ0v) is 13.7. The molecule has 3 aromatic heterocycles. The third-order valence-electron chi connectivity index (χ3n) is 3.14. The summed E-state index contributed by atoms with van der Waals surface area (Å²) in [5.41, 5.74) is 2.13. The molecule has 0 bridgehead atoms. The summed E-state index contributed by atoms with van der Waals surface area (Å²) < 4.78 is 1.82. The Balaban J connectivity index is 1.82. The molecule has 22 heavy (non-hydrogen) atoms. The molecule has 0 aromatic carbocycles. The number of carbonyl (C=O) groups excluding carboxylic acids is 1. The Morgan fingerprint density at radius 1 is 1.32 bits per heavy atom. The number of anilines is 1. The molecular weight excluding hydrogens is 298 g/mol. The van der Waals surface area contributed by atoms with Gasteiger partial charge in [0, 0.05) is 17.8 Å². The van der Waals surface area contributed by atoms with Crippen LogP contribution in [0.5, 0.6) is 0 Å². The Bertz CT molecular complexity index is 843. The number of hydrogen-bond donors (Lipinski definition) is 1. The van der Waals surface area contributed by atoms with Crippen molar-refractivity contribution in [3.8, 4) is 0 Å².